The molecule has 2 fully saturated rings. The molecule has 1 saturated heterocycles. The summed E-state index contributed by atoms with van der Waals surface area (Å²) in [6, 6.07) is 0. The molecular formula is C16H31N3O2. The van der Waals surface area contributed by atoms with E-state index in [1.54, 1.807) is 0 Å². The van der Waals surface area contributed by atoms with Crippen molar-refractivity contribution in [3.63, 3.8) is 0 Å². The molecule has 0 aromatic carbocycles. The first-order valence-corrected chi connectivity index (χ1v) is 8.23. The number of rotatable bonds is 4. The summed E-state index contributed by atoms with van der Waals surface area (Å²) >= 11 is 0. The van der Waals surface area contributed by atoms with E-state index in [4.69, 9.17) is 5.73 Å². The van der Waals surface area contributed by atoms with Crippen LogP contribution in [0.4, 0.5) is 0 Å². The highest BCUT2D eigenvalue weighted by Gasteiger charge is 2.45. The van der Waals surface area contributed by atoms with Gasteiger partial charge in [-0.1, -0.05) is 6.42 Å². The summed E-state index contributed by atoms with van der Waals surface area (Å²) in [5, 5.41) is 9.36. The Kier molecular flexibility index (Phi) is 4.96. The van der Waals surface area contributed by atoms with E-state index < -0.39 is 11.5 Å². The van der Waals surface area contributed by atoms with Gasteiger partial charge in [0.15, 0.2) is 0 Å². The summed E-state index contributed by atoms with van der Waals surface area (Å²) in [4.78, 5) is 16.4. The van der Waals surface area contributed by atoms with Gasteiger partial charge in [-0.25, -0.2) is 0 Å². The van der Waals surface area contributed by atoms with Crippen molar-refractivity contribution in [2.75, 3.05) is 32.7 Å². The van der Waals surface area contributed by atoms with Gasteiger partial charge < -0.3 is 15.7 Å². The molecule has 5 nitrogen and oxygen atoms in total. The summed E-state index contributed by atoms with van der Waals surface area (Å²) in [5.74, 6) is -0.682. The van der Waals surface area contributed by atoms with E-state index >= 15 is 0 Å². The number of carboxylic acid groups (broad SMARTS) is 1. The maximum absolute atomic E-state index is 11.4. The van der Waals surface area contributed by atoms with Crippen LogP contribution < -0.4 is 5.73 Å². The molecule has 1 heterocycles. The molecule has 0 aromatic rings. The zero-order chi connectivity index (χ0) is 15.7. The van der Waals surface area contributed by atoms with Gasteiger partial charge in [0.1, 0.15) is 5.54 Å². The molecule has 2 aliphatic rings. The average Bonchev–Trinajstić information content (AvgIpc) is 2.79. The zero-order valence-electron chi connectivity index (χ0n) is 13.8. The number of nitrogens with two attached hydrogens (primary N) is 1. The minimum Gasteiger partial charge on any atom is -0.480 e. The van der Waals surface area contributed by atoms with Crippen molar-refractivity contribution < 1.29 is 9.90 Å². The van der Waals surface area contributed by atoms with Gasteiger partial charge in [-0.3, -0.25) is 9.69 Å². The molecule has 5 heteroatoms. The number of carboxylic acids is 1. The van der Waals surface area contributed by atoms with Gasteiger partial charge in [0.25, 0.3) is 0 Å². The number of hydrogen-bond acceptors (Lipinski definition) is 4. The summed E-state index contributed by atoms with van der Waals surface area (Å²) in [7, 11) is 0. The van der Waals surface area contributed by atoms with Gasteiger partial charge in [0.05, 0.1) is 0 Å². The van der Waals surface area contributed by atoms with Crippen LogP contribution >= 0.6 is 0 Å². The van der Waals surface area contributed by atoms with Gasteiger partial charge in [-0.15, -0.1) is 0 Å². The van der Waals surface area contributed by atoms with Gasteiger partial charge in [0, 0.05) is 31.7 Å². The van der Waals surface area contributed by atoms with E-state index in [1.807, 2.05) is 0 Å². The molecule has 0 amide bonds. The number of nitrogens with zero attached hydrogens (tertiary/aromatic N) is 2. The van der Waals surface area contributed by atoms with Gasteiger partial charge >= 0.3 is 5.97 Å². The van der Waals surface area contributed by atoms with Crippen LogP contribution in [0.2, 0.25) is 0 Å². The van der Waals surface area contributed by atoms with E-state index in [9.17, 15) is 9.90 Å². The quantitative estimate of drug-likeness (QED) is 0.820. The number of hydrogen-bond donors (Lipinski definition) is 2. The van der Waals surface area contributed by atoms with Crippen LogP contribution in [-0.2, 0) is 4.79 Å². The third-order valence-electron chi connectivity index (χ3n) is 5.38. The fourth-order valence-corrected chi connectivity index (χ4v) is 3.77. The lowest BCUT2D eigenvalue weighted by Gasteiger charge is -2.42. The van der Waals surface area contributed by atoms with E-state index in [2.05, 4.69) is 30.6 Å². The number of aliphatic carboxylic acids is 1. The molecule has 2 atom stereocenters. The Morgan fingerprint density at radius 3 is 2.43 bits per heavy atom. The van der Waals surface area contributed by atoms with Crippen molar-refractivity contribution in [1.82, 2.24) is 9.80 Å². The fraction of sp³-hybridized carbons (Fsp3) is 0.938. The fourth-order valence-electron chi connectivity index (χ4n) is 3.77. The van der Waals surface area contributed by atoms with Crippen LogP contribution in [0.1, 0.15) is 46.5 Å². The lowest BCUT2D eigenvalue weighted by molar-refractivity contribution is -0.144. The SMILES string of the molecule is CC(C)(C)N1CCN(CCC2CCCC2(N)C(=O)O)CC1. The molecule has 122 valence electrons. The maximum Gasteiger partial charge on any atom is 0.323 e. The molecule has 0 spiro atoms. The van der Waals surface area contributed by atoms with Crippen molar-refractivity contribution in [2.45, 2.75) is 57.5 Å². The van der Waals surface area contributed by atoms with Gasteiger partial charge in [-0.2, -0.15) is 0 Å². The van der Waals surface area contributed by atoms with Crippen molar-refractivity contribution in [2.24, 2.45) is 11.7 Å². The Labute approximate surface area is 128 Å². The first-order chi connectivity index (χ1) is 9.73. The lowest BCUT2D eigenvalue weighted by Crippen LogP contribution is -2.54. The molecule has 2 unspecified atom stereocenters. The second kappa shape index (κ2) is 6.23. The topological polar surface area (TPSA) is 69.8 Å². The highest BCUT2D eigenvalue weighted by atomic mass is 16.4. The van der Waals surface area contributed by atoms with Crippen LogP contribution in [0.3, 0.4) is 0 Å². The third-order valence-corrected chi connectivity index (χ3v) is 5.38. The Balaban J connectivity index is 1.79. The highest BCUT2D eigenvalue weighted by molar-refractivity contribution is 5.79. The van der Waals surface area contributed by atoms with Gasteiger partial charge in [0.2, 0.25) is 0 Å². The molecule has 0 radical (unpaired) electrons. The molecule has 1 aliphatic carbocycles. The summed E-state index contributed by atoms with van der Waals surface area (Å²) in [5.41, 5.74) is 5.38. The van der Waals surface area contributed by atoms with Crippen molar-refractivity contribution in [3.05, 3.63) is 0 Å². The van der Waals surface area contributed by atoms with Crippen molar-refractivity contribution in [3.8, 4) is 0 Å². The Morgan fingerprint density at radius 2 is 1.90 bits per heavy atom. The smallest absolute Gasteiger partial charge is 0.323 e. The Hall–Kier alpha value is -0.650. The summed E-state index contributed by atoms with van der Waals surface area (Å²) in [6.45, 7) is 12.1. The van der Waals surface area contributed by atoms with E-state index in [-0.39, 0.29) is 11.5 Å². The largest absolute Gasteiger partial charge is 0.480 e. The van der Waals surface area contributed by atoms with Crippen molar-refractivity contribution in [1.29, 1.82) is 0 Å². The molecule has 21 heavy (non-hydrogen) atoms. The highest BCUT2D eigenvalue weighted by Crippen LogP contribution is 2.36. The second-order valence-corrected chi connectivity index (χ2v) is 7.72. The minimum absolute atomic E-state index is 0.135. The van der Waals surface area contributed by atoms with Crippen LogP contribution in [-0.4, -0.2) is 64.7 Å². The van der Waals surface area contributed by atoms with Crippen LogP contribution in [0.25, 0.3) is 0 Å². The molecular weight excluding hydrogens is 266 g/mol. The lowest BCUT2D eigenvalue weighted by atomic mass is 9.85. The van der Waals surface area contributed by atoms with E-state index in [0.29, 0.717) is 6.42 Å². The first kappa shape index (κ1) is 16.7. The predicted octanol–water partition coefficient (Wildman–Crippen LogP) is 1.37. The number of piperazine rings is 1. The first-order valence-electron chi connectivity index (χ1n) is 8.23. The average molecular weight is 297 g/mol. The third kappa shape index (κ3) is 3.76. The summed E-state index contributed by atoms with van der Waals surface area (Å²) < 4.78 is 0. The van der Waals surface area contributed by atoms with Gasteiger partial charge in [-0.05, 0) is 52.5 Å². The van der Waals surface area contributed by atoms with Crippen LogP contribution in [0.5, 0.6) is 0 Å². The van der Waals surface area contributed by atoms with E-state index in [1.165, 1.54) is 0 Å². The zero-order valence-corrected chi connectivity index (χ0v) is 13.8. The van der Waals surface area contributed by atoms with E-state index in [0.717, 1.165) is 52.0 Å². The van der Waals surface area contributed by atoms with Crippen LogP contribution in [0, 0.1) is 5.92 Å². The molecule has 3 N–H and O–H groups in total. The Morgan fingerprint density at radius 1 is 1.29 bits per heavy atom. The molecule has 0 aromatic heterocycles. The monoisotopic (exact) mass is 297 g/mol. The van der Waals surface area contributed by atoms with Crippen LogP contribution in [0.15, 0.2) is 0 Å². The van der Waals surface area contributed by atoms with Crippen molar-refractivity contribution >= 4 is 5.97 Å². The molecule has 0 bridgehead atoms. The second-order valence-electron chi connectivity index (χ2n) is 7.72. The summed E-state index contributed by atoms with van der Waals surface area (Å²) in [6.07, 6.45) is 3.46. The molecule has 1 saturated carbocycles. The standard InChI is InChI=1S/C16H31N3O2/c1-15(2,3)19-11-9-18(10-12-19)8-6-13-5-4-7-16(13,17)14(20)21/h13H,4-12,17H2,1-3H3,(H,20,21). The maximum atomic E-state index is 11.4. The molecule has 2 rings (SSSR count). The predicted molar refractivity (Wildman–Crippen MR) is 84.3 cm³/mol. The Bertz CT molecular complexity index is 372. The normalized spacial score (nSPS) is 32.5. The number of carbonyl (C=O) groups is 1. The molecule has 1 aliphatic heterocycles. The minimum atomic E-state index is -0.979.